The predicted molar refractivity (Wildman–Crippen MR) is 59.4 cm³/mol. The normalized spacial score (nSPS) is 17.9. The van der Waals surface area contributed by atoms with Gasteiger partial charge >= 0.3 is 0 Å². The summed E-state index contributed by atoms with van der Waals surface area (Å²) >= 11 is 0. The van der Waals surface area contributed by atoms with Crippen molar-refractivity contribution in [3.63, 3.8) is 0 Å². The number of pyridine rings is 1. The number of anilines is 1. The second-order valence-corrected chi connectivity index (χ2v) is 4.36. The van der Waals surface area contributed by atoms with Gasteiger partial charge in [0.15, 0.2) is 0 Å². The van der Waals surface area contributed by atoms with Crippen LogP contribution in [0.2, 0.25) is 0 Å². The molecule has 1 aliphatic rings. The molecule has 76 valence electrons. The van der Waals surface area contributed by atoms with Gasteiger partial charge in [-0.05, 0) is 43.7 Å². The second-order valence-electron chi connectivity index (χ2n) is 4.36. The van der Waals surface area contributed by atoms with E-state index in [1.807, 2.05) is 25.1 Å². The second kappa shape index (κ2) is 3.99. The SMILES string of the molecule is Cc1cccc(NCC(C)C2CC2)n1. The Morgan fingerprint density at radius 3 is 2.93 bits per heavy atom. The first-order valence-corrected chi connectivity index (χ1v) is 5.43. The third-order valence-electron chi connectivity index (χ3n) is 2.92. The molecule has 0 spiro atoms. The highest BCUT2D eigenvalue weighted by Crippen LogP contribution is 2.36. The summed E-state index contributed by atoms with van der Waals surface area (Å²) in [6.07, 6.45) is 2.84. The predicted octanol–water partition coefficient (Wildman–Crippen LogP) is 2.85. The average Bonchev–Trinajstić information content (AvgIpc) is 2.97. The third kappa shape index (κ3) is 2.47. The standard InChI is InChI=1S/C12H18N2/c1-9(11-6-7-11)8-13-12-5-3-4-10(2)14-12/h3-5,9,11H,6-8H2,1-2H3,(H,13,14). The van der Waals surface area contributed by atoms with Gasteiger partial charge in [0.1, 0.15) is 5.82 Å². The molecule has 1 saturated carbocycles. The van der Waals surface area contributed by atoms with Gasteiger partial charge in [0.25, 0.3) is 0 Å². The molecule has 0 radical (unpaired) electrons. The Hall–Kier alpha value is -1.05. The van der Waals surface area contributed by atoms with E-state index in [1.54, 1.807) is 0 Å². The quantitative estimate of drug-likeness (QED) is 0.789. The maximum Gasteiger partial charge on any atom is 0.126 e. The van der Waals surface area contributed by atoms with Crippen LogP contribution < -0.4 is 5.32 Å². The number of nitrogens with one attached hydrogen (secondary N) is 1. The molecule has 0 saturated heterocycles. The van der Waals surface area contributed by atoms with E-state index in [1.165, 1.54) is 12.8 Å². The van der Waals surface area contributed by atoms with Crippen LogP contribution in [0.15, 0.2) is 18.2 Å². The van der Waals surface area contributed by atoms with Crippen LogP contribution in [-0.2, 0) is 0 Å². The topological polar surface area (TPSA) is 24.9 Å². The van der Waals surface area contributed by atoms with Crippen LogP contribution in [0.25, 0.3) is 0 Å². The fraction of sp³-hybridized carbons (Fsp3) is 0.583. The molecule has 1 aliphatic carbocycles. The fourth-order valence-electron chi connectivity index (χ4n) is 1.74. The molecular formula is C12H18N2. The molecule has 1 N–H and O–H groups in total. The Balaban J connectivity index is 1.84. The van der Waals surface area contributed by atoms with Crippen molar-refractivity contribution in [1.82, 2.24) is 4.98 Å². The number of aromatic nitrogens is 1. The zero-order chi connectivity index (χ0) is 9.97. The zero-order valence-electron chi connectivity index (χ0n) is 8.96. The van der Waals surface area contributed by atoms with Crippen molar-refractivity contribution in [3.05, 3.63) is 23.9 Å². The van der Waals surface area contributed by atoms with E-state index >= 15 is 0 Å². The number of nitrogens with zero attached hydrogens (tertiary/aromatic N) is 1. The molecular weight excluding hydrogens is 172 g/mol. The summed E-state index contributed by atoms with van der Waals surface area (Å²) in [7, 11) is 0. The zero-order valence-corrected chi connectivity index (χ0v) is 8.96. The van der Waals surface area contributed by atoms with Crippen molar-refractivity contribution in [2.24, 2.45) is 11.8 Å². The van der Waals surface area contributed by atoms with Crippen LogP contribution >= 0.6 is 0 Å². The third-order valence-corrected chi connectivity index (χ3v) is 2.92. The van der Waals surface area contributed by atoms with Gasteiger partial charge in [0.2, 0.25) is 0 Å². The molecule has 0 amide bonds. The molecule has 0 bridgehead atoms. The first-order chi connectivity index (χ1) is 6.75. The van der Waals surface area contributed by atoms with Gasteiger partial charge in [-0.25, -0.2) is 4.98 Å². The Kier molecular flexibility index (Phi) is 2.71. The maximum atomic E-state index is 4.41. The Morgan fingerprint density at radius 2 is 2.29 bits per heavy atom. The lowest BCUT2D eigenvalue weighted by Crippen LogP contribution is -2.13. The van der Waals surface area contributed by atoms with Crippen molar-refractivity contribution >= 4 is 5.82 Å². The molecule has 1 atom stereocenters. The van der Waals surface area contributed by atoms with Crippen molar-refractivity contribution in [3.8, 4) is 0 Å². The van der Waals surface area contributed by atoms with Gasteiger partial charge in [-0.3, -0.25) is 0 Å². The van der Waals surface area contributed by atoms with E-state index in [4.69, 9.17) is 0 Å². The van der Waals surface area contributed by atoms with Crippen molar-refractivity contribution in [2.45, 2.75) is 26.7 Å². The van der Waals surface area contributed by atoms with Crippen LogP contribution in [0.3, 0.4) is 0 Å². The van der Waals surface area contributed by atoms with Crippen molar-refractivity contribution in [1.29, 1.82) is 0 Å². The van der Waals surface area contributed by atoms with E-state index in [-0.39, 0.29) is 0 Å². The molecule has 2 nitrogen and oxygen atoms in total. The summed E-state index contributed by atoms with van der Waals surface area (Å²) in [5, 5.41) is 3.40. The van der Waals surface area contributed by atoms with E-state index in [0.29, 0.717) is 0 Å². The average molecular weight is 190 g/mol. The summed E-state index contributed by atoms with van der Waals surface area (Å²) in [5.41, 5.74) is 1.08. The van der Waals surface area contributed by atoms with Crippen LogP contribution in [0.5, 0.6) is 0 Å². The molecule has 1 aromatic heterocycles. The van der Waals surface area contributed by atoms with Gasteiger partial charge in [-0.15, -0.1) is 0 Å². The molecule has 0 aromatic carbocycles. The minimum absolute atomic E-state index is 0.789. The minimum Gasteiger partial charge on any atom is -0.370 e. The molecule has 1 fully saturated rings. The number of hydrogen-bond acceptors (Lipinski definition) is 2. The Morgan fingerprint density at radius 1 is 1.50 bits per heavy atom. The van der Waals surface area contributed by atoms with E-state index in [0.717, 1.165) is 29.9 Å². The Labute approximate surface area is 85.7 Å². The van der Waals surface area contributed by atoms with Gasteiger partial charge in [0, 0.05) is 12.2 Å². The lowest BCUT2D eigenvalue weighted by molar-refractivity contribution is 0.536. The van der Waals surface area contributed by atoms with Crippen LogP contribution in [-0.4, -0.2) is 11.5 Å². The number of hydrogen-bond donors (Lipinski definition) is 1. The summed E-state index contributed by atoms with van der Waals surface area (Å²) < 4.78 is 0. The summed E-state index contributed by atoms with van der Waals surface area (Å²) in [5.74, 6) is 2.77. The van der Waals surface area contributed by atoms with Crippen LogP contribution in [0, 0.1) is 18.8 Å². The van der Waals surface area contributed by atoms with Crippen LogP contribution in [0.4, 0.5) is 5.82 Å². The molecule has 14 heavy (non-hydrogen) atoms. The molecule has 1 unspecified atom stereocenters. The smallest absolute Gasteiger partial charge is 0.126 e. The first-order valence-electron chi connectivity index (χ1n) is 5.43. The monoisotopic (exact) mass is 190 g/mol. The summed E-state index contributed by atoms with van der Waals surface area (Å²) in [4.78, 5) is 4.41. The van der Waals surface area contributed by atoms with Crippen LogP contribution in [0.1, 0.15) is 25.5 Å². The largest absolute Gasteiger partial charge is 0.370 e. The lowest BCUT2D eigenvalue weighted by Gasteiger charge is -2.11. The highest BCUT2D eigenvalue weighted by molar-refractivity contribution is 5.35. The van der Waals surface area contributed by atoms with Gasteiger partial charge in [-0.1, -0.05) is 13.0 Å². The summed E-state index contributed by atoms with van der Waals surface area (Å²) in [6.45, 7) is 5.40. The first kappa shape index (κ1) is 9.50. The van der Waals surface area contributed by atoms with E-state index in [2.05, 4.69) is 17.2 Å². The maximum absolute atomic E-state index is 4.41. The minimum atomic E-state index is 0.789. The summed E-state index contributed by atoms with van der Waals surface area (Å²) in [6, 6.07) is 6.11. The number of rotatable bonds is 4. The van der Waals surface area contributed by atoms with Gasteiger partial charge in [0.05, 0.1) is 0 Å². The van der Waals surface area contributed by atoms with E-state index in [9.17, 15) is 0 Å². The molecule has 1 heterocycles. The van der Waals surface area contributed by atoms with Gasteiger partial charge in [-0.2, -0.15) is 0 Å². The highest BCUT2D eigenvalue weighted by atomic mass is 15.0. The molecule has 2 heteroatoms. The lowest BCUT2D eigenvalue weighted by atomic mass is 10.1. The van der Waals surface area contributed by atoms with Crippen molar-refractivity contribution in [2.75, 3.05) is 11.9 Å². The molecule has 0 aliphatic heterocycles. The molecule has 2 rings (SSSR count). The molecule has 1 aromatic rings. The van der Waals surface area contributed by atoms with Gasteiger partial charge < -0.3 is 5.32 Å². The van der Waals surface area contributed by atoms with Crippen molar-refractivity contribution < 1.29 is 0 Å². The highest BCUT2D eigenvalue weighted by Gasteiger charge is 2.27. The number of aryl methyl sites for hydroxylation is 1. The van der Waals surface area contributed by atoms with E-state index < -0.39 is 0 Å². The Bertz CT molecular complexity index is 305. The fourth-order valence-corrected chi connectivity index (χ4v) is 1.74.